The zero-order valence-electron chi connectivity index (χ0n) is 35.3. The number of amides is 3. The second-order valence-corrected chi connectivity index (χ2v) is 17.4. The number of hydrogen-bond acceptors (Lipinski definition) is 8. The number of rotatable bonds is 13. The van der Waals surface area contributed by atoms with Crippen molar-refractivity contribution in [1.82, 2.24) is 39.8 Å². The SMILES string of the molecule is COC(=O)N[C@H](C(=O)N1CCC[C@H]1c1ncc(-c2cc(C)c(-c3c(C)cc(-c4cnc(C5CCCN5C(=O)[C@@H](NS(=O)OC)C(C)C)[nH]4)cc3C)c(C)c2)[nH]1)C(C)C. The van der Waals surface area contributed by atoms with Gasteiger partial charge in [0.1, 0.15) is 23.7 Å². The highest BCUT2D eigenvalue weighted by Gasteiger charge is 2.39. The van der Waals surface area contributed by atoms with E-state index >= 15 is 0 Å². The number of carbonyl (C=O) groups excluding carboxylic acids is 3. The van der Waals surface area contributed by atoms with Crippen LogP contribution < -0.4 is 10.0 Å². The van der Waals surface area contributed by atoms with Crippen molar-refractivity contribution in [2.24, 2.45) is 11.8 Å². The van der Waals surface area contributed by atoms with Gasteiger partial charge in [0.05, 0.1) is 50.1 Å². The van der Waals surface area contributed by atoms with E-state index in [2.05, 4.69) is 72.0 Å². The van der Waals surface area contributed by atoms with Gasteiger partial charge in [0.2, 0.25) is 23.1 Å². The van der Waals surface area contributed by atoms with Crippen molar-refractivity contribution < 1.29 is 27.5 Å². The Balaban J connectivity index is 1.21. The first-order valence-corrected chi connectivity index (χ1v) is 21.2. The number of nitrogens with zero attached hydrogens (tertiary/aromatic N) is 4. The first-order chi connectivity index (χ1) is 27.6. The van der Waals surface area contributed by atoms with Crippen molar-refractivity contribution in [1.29, 1.82) is 0 Å². The third-order valence-electron chi connectivity index (χ3n) is 11.5. The van der Waals surface area contributed by atoms with Crippen LogP contribution >= 0.6 is 0 Å². The third-order valence-corrected chi connectivity index (χ3v) is 12.3. The summed E-state index contributed by atoms with van der Waals surface area (Å²) in [6.07, 6.45) is 6.32. The molecule has 4 N–H and O–H groups in total. The first kappa shape index (κ1) is 42.7. The van der Waals surface area contributed by atoms with Gasteiger partial charge in [-0.3, -0.25) is 13.8 Å². The molecule has 3 amide bonds. The van der Waals surface area contributed by atoms with Crippen LogP contribution in [0.4, 0.5) is 4.79 Å². The number of imidazole rings is 2. The summed E-state index contributed by atoms with van der Waals surface area (Å²) < 4.78 is 24.6. The second kappa shape index (κ2) is 18.0. The molecule has 0 aliphatic carbocycles. The average Bonchev–Trinajstić information content (AvgIpc) is 4.02. The minimum absolute atomic E-state index is 0.0826. The highest BCUT2D eigenvalue weighted by molar-refractivity contribution is 7.78. The van der Waals surface area contributed by atoms with Crippen molar-refractivity contribution >= 4 is 29.2 Å². The Bertz CT molecular complexity index is 1980. The van der Waals surface area contributed by atoms with E-state index in [1.807, 2.05) is 49.9 Å². The normalized spacial score (nSPS) is 18.6. The van der Waals surface area contributed by atoms with Gasteiger partial charge in [-0.1, -0.05) is 27.7 Å². The molecular formula is C43H58N8O6S. The molecule has 2 aromatic heterocycles. The monoisotopic (exact) mass is 814 g/mol. The zero-order valence-corrected chi connectivity index (χ0v) is 36.1. The van der Waals surface area contributed by atoms with Crippen molar-refractivity contribution in [3.8, 4) is 33.6 Å². The van der Waals surface area contributed by atoms with E-state index in [-0.39, 0.29) is 35.7 Å². The Morgan fingerprint density at radius 2 is 1.14 bits per heavy atom. The number of carbonyl (C=O) groups is 3. The van der Waals surface area contributed by atoms with Crippen LogP contribution in [0.25, 0.3) is 33.6 Å². The minimum Gasteiger partial charge on any atom is -0.453 e. The quantitative estimate of drug-likeness (QED) is 0.113. The number of alkyl carbamates (subject to hydrolysis) is 1. The molecule has 0 spiro atoms. The molecule has 4 aromatic rings. The number of benzene rings is 2. The standard InChI is InChI=1S/C43H58N8O6S/c1-23(2)37(48-43(54)56-9)41(52)50-15-11-13-33(50)39-44-21-31(46-39)29-17-25(5)35(26(6)18-29)36-27(7)19-30(20-28(36)8)32-22-45-40(47-32)34-14-12-16-51(34)42(53)38(24(3)4)49-58(55)57-10/h17-24,33-34,37-38,49H,11-16H2,1-10H3,(H,44,46)(H,45,47)(H,48,54)/t33-,34?,37-,38-,58?/m0/s1. The summed E-state index contributed by atoms with van der Waals surface area (Å²) in [6.45, 7) is 17.4. The molecule has 58 heavy (non-hydrogen) atoms. The summed E-state index contributed by atoms with van der Waals surface area (Å²) >= 11 is -1.76. The molecule has 312 valence electrons. The molecular weight excluding hydrogens is 757 g/mol. The largest absolute Gasteiger partial charge is 0.453 e. The van der Waals surface area contributed by atoms with Crippen LogP contribution in [-0.4, -0.2) is 91.2 Å². The van der Waals surface area contributed by atoms with Crippen LogP contribution in [0.5, 0.6) is 0 Å². The lowest BCUT2D eigenvalue weighted by atomic mass is 9.86. The summed E-state index contributed by atoms with van der Waals surface area (Å²) in [6, 6.07) is 6.97. The van der Waals surface area contributed by atoms with E-state index in [0.717, 1.165) is 82.1 Å². The fraction of sp³-hybridized carbons (Fsp3) is 0.512. The number of aryl methyl sites for hydroxylation is 4. The van der Waals surface area contributed by atoms with Crippen LogP contribution in [0.2, 0.25) is 0 Å². The van der Waals surface area contributed by atoms with E-state index < -0.39 is 29.4 Å². The molecule has 5 atom stereocenters. The predicted molar refractivity (Wildman–Crippen MR) is 224 cm³/mol. The van der Waals surface area contributed by atoms with Crippen molar-refractivity contribution in [3.63, 3.8) is 0 Å². The number of aromatic nitrogens is 4. The fourth-order valence-electron chi connectivity index (χ4n) is 8.64. The van der Waals surface area contributed by atoms with Crippen molar-refractivity contribution in [3.05, 3.63) is 70.6 Å². The maximum absolute atomic E-state index is 13.7. The van der Waals surface area contributed by atoms with Crippen LogP contribution in [0, 0.1) is 39.5 Å². The fourth-order valence-corrected chi connectivity index (χ4v) is 9.32. The van der Waals surface area contributed by atoms with Gasteiger partial charge in [0.25, 0.3) is 0 Å². The van der Waals surface area contributed by atoms with Crippen LogP contribution in [0.1, 0.15) is 99.4 Å². The zero-order chi connectivity index (χ0) is 42.0. The minimum atomic E-state index is -1.76. The molecule has 2 aromatic carbocycles. The number of nitrogens with one attached hydrogen (secondary N) is 4. The molecule has 15 heteroatoms. The number of H-pyrrole nitrogens is 2. The number of likely N-dealkylation sites (tertiary alicyclic amines) is 2. The molecule has 14 nitrogen and oxygen atoms in total. The highest BCUT2D eigenvalue weighted by atomic mass is 32.2. The van der Waals surface area contributed by atoms with Gasteiger partial charge in [0.15, 0.2) is 0 Å². The molecule has 2 aliphatic rings. The summed E-state index contributed by atoms with van der Waals surface area (Å²) in [5, 5.41) is 2.71. The van der Waals surface area contributed by atoms with E-state index in [1.54, 1.807) is 0 Å². The van der Waals surface area contributed by atoms with Crippen LogP contribution in [0.3, 0.4) is 0 Å². The van der Waals surface area contributed by atoms with Crippen LogP contribution in [0.15, 0.2) is 36.7 Å². The Morgan fingerprint density at radius 1 is 0.724 bits per heavy atom. The molecule has 0 bridgehead atoms. The van der Waals surface area contributed by atoms with E-state index in [4.69, 9.17) is 18.9 Å². The number of methoxy groups -OCH3 is 1. The Labute approximate surface area is 344 Å². The van der Waals surface area contributed by atoms with Crippen LogP contribution in [-0.2, 0) is 29.8 Å². The van der Waals surface area contributed by atoms with E-state index in [0.29, 0.717) is 13.1 Å². The van der Waals surface area contributed by atoms with Gasteiger partial charge in [-0.25, -0.2) is 23.7 Å². The van der Waals surface area contributed by atoms with Gasteiger partial charge >= 0.3 is 6.09 Å². The average molecular weight is 815 g/mol. The van der Waals surface area contributed by atoms with E-state index in [1.165, 1.54) is 25.3 Å². The lowest BCUT2D eigenvalue weighted by Gasteiger charge is -2.30. The molecule has 4 heterocycles. The highest BCUT2D eigenvalue weighted by Crippen LogP contribution is 2.39. The maximum atomic E-state index is 13.7. The summed E-state index contributed by atoms with van der Waals surface area (Å²) in [5.41, 5.74) is 10.7. The molecule has 6 rings (SSSR count). The van der Waals surface area contributed by atoms with Gasteiger partial charge in [-0.15, -0.1) is 0 Å². The molecule has 2 aliphatic heterocycles. The molecule has 0 radical (unpaired) electrons. The number of hydrogen-bond donors (Lipinski definition) is 4. The summed E-state index contributed by atoms with van der Waals surface area (Å²) in [5.74, 6) is 1.03. The molecule has 0 saturated carbocycles. The predicted octanol–water partition coefficient (Wildman–Crippen LogP) is 6.91. The third kappa shape index (κ3) is 8.76. The topological polar surface area (TPSA) is 175 Å². The van der Waals surface area contributed by atoms with Crippen molar-refractivity contribution in [2.75, 3.05) is 27.3 Å². The molecule has 2 unspecified atom stereocenters. The summed E-state index contributed by atoms with van der Waals surface area (Å²) in [7, 11) is 2.64. The number of ether oxygens (including phenoxy) is 1. The van der Waals surface area contributed by atoms with E-state index in [9.17, 15) is 18.6 Å². The lowest BCUT2D eigenvalue weighted by Crippen LogP contribution is -2.51. The smallest absolute Gasteiger partial charge is 0.407 e. The Morgan fingerprint density at radius 3 is 1.52 bits per heavy atom. The van der Waals surface area contributed by atoms with Gasteiger partial charge < -0.3 is 29.8 Å². The number of aromatic amines is 2. The van der Waals surface area contributed by atoms with Crippen molar-refractivity contribution in [2.45, 2.75) is 105 Å². The maximum Gasteiger partial charge on any atom is 0.407 e. The molecule has 2 fully saturated rings. The lowest BCUT2D eigenvalue weighted by molar-refractivity contribution is -0.136. The Hall–Kier alpha value is -4.86. The van der Waals surface area contributed by atoms with Gasteiger partial charge in [0, 0.05) is 24.2 Å². The van der Waals surface area contributed by atoms with Gasteiger partial charge in [-0.05, 0) is 123 Å². The summed E-state index contributed by atoms with van der Waals surface area (Å²) in [4.78, 5) is 59.6. The first-order valence-electron chi connectivity index (χ1n) is 20.1. The Kier molecular flexibility index (Phi) is 13.2. The second-order valence-electron chi connectivity index (χ2n) is 16.3. The van der Waals surface area contributed by atoms with Gasteiger partial charge in [-0.2, -0.15) is 0 Å². The molecule has 2 saturated heterocycles.